The van der Waals surface area contributed by atoms with Crippen molar-refractivity contribution in [1.82, 2.24) is 9.88 Å². The predicted molar refractivity (Wildman–Crippen MR) is 76.1 cm³/mol. The number of aromatic nitrogens is 1. The Morgan fingerprint density at radius 3 is 2.89 bits per heavy atom. The van der Waals surface area contributed by atoms with Gasteiger partial charge in [-0.15, -0.1) is 11.3 Å². The van der Waals surface area contributed by atoms with Crippen molar-refractivity contribution in [2.45, 2.75) is 58.7 Å². The molecule has 1 aliphatic rings. The number of esters is 1. The summed E-state index contributed by atoms with van der Waals surface area (Å²) in [4.78, 5) is 18.8. The molecular weight excluding hydrogens is 260 g/mol. The number of carbonyl (C=O) groups is 1. The van der Waals surface area contributed by atoms with Crippen molar-refractivity contribution in [3.63, 3.8) is 0 Å². The lowest BCUT2D eigenvalue weighted by Crippen LogP contribution is -2.40. The summed E-state index contributed by atoms with van der Waals surface area (Å²) >= 11 is 1.65. The molecule has 1 fully saturated rings. The van der Waals surface area contributed by atoms with E-state index in [9.17, 15) is 4.79 Å². The number of nitrogens with zero attached hydrogens (tertiary/aromatic N) is 2. The van der Waals surface area contributed by atoms with Crippen molar-refractivity contribution < 1.29 is 9.53 Å². The third kappa shape index (κ3) is 4.01. The normalized spacial score (nSPS) is 20.7. The molecule has 0 saturated carbocycles. The number of aryl methyl sites for hydroxylation is 1. The SMILES string of the molecule is Cc1nc(CN2CCC[C@H]2C(=O)OC(C)(C)C)cs1. The number of hydrogen-bond acceptors (Lipinski definition) is 5. The van der Waals surface area contributed by atoms with Crippen molar-refractivity contribution in [2.75, 3.05) is 6.54 Å². The van der Waals surface area contributed by atoms with Crippen LogP contribution in [0.5, 0.6) is 0 Å². The molecule has 106 valence electrons. The van der Waals surface area contributed by atoms with E-state index in [1.54, 1.807) is 11.3 Å². The smallest absolute Gasteiger partial charge is 0.323 e. The lowest BCUT2D eigenvalue weighted by Gasteiger charge is -2.26. The Labute approximate surface area is 118 Å². The summed E-state index contributed by atoms with van der Waals surface area (Å²) < 4.78 is 5.50. The van der Waals surface area contributed by atoms with Crippen LogP contribution in [0.4, 0.5) is 0 Å². The van der Waals surface area contributed by atoms with E-state index in [0.29, 0.717) is 0 Å². The summed E-state index contributed by atoms with van der Waals surface area (Å²) in [6, 6.07) is -0.110. The summed E-state index contributed by atoms with van der Waals surface area (Å²) in [5.41, 5.74) is 0.640. The highest BCUT2D eigenvalue weighted by Gasteiger charge is 2.34. The highest BCUT2D eigenvalue weighted by atomic mass is 32.1. The second kappa shape index (κ2) is 5.59. The molecule has 19 heavy (non-hydrogen) atoms. The van der Waals surface area contributed by atoms with Gasteiger partial charge in [-0.2, -0.15) is 0 Å². The topological polar surface area (TPSA) is 42.4 Å². The minimum atomic E-state index is -0.414. The Bertz CT molecular complexity index is 451. The van der Waals surface area contributed by atoms with Crippen LogP contribution >= 0.6 is 11.3 Å². The van der Waals surface area contributed by atoms with Gasteiger partial charge >= 0.3 is 5.97 Å². The van der Waals surface area contributed by atoms with Crippen molar-refractivity contribution in [2.24, 2.45) is 0 Å². The zero-order chi connectivity index (χ0) is 14.0. The first-order chi connectivity index (χ1) is 8.85. The van der Waals surface area contributed by atoms with Crippen LogP contribution in [-0.2, 0) is 16.1 Å². The van der Waals surface area contributed by atoms with Gasteiger partial charge in [-0.05, 0) is 47.1 Å². The van der Waals surface area contributed by atoms with E-state index in [1.165, 1.54) is 0 Å². The van der Waals surface area contributed by atoms with Crippen LogP contribution in [0.2, 0.25) is 0 Å². The maximum atomic E-state index is 12.2. The molecule has 0 bridgehead atoms. The minimum absolute atomic E-state index is 0.100. The standard InChI is InChI=1S/C14H22N2O2S/c1-10-15-11(9-19-10)8-16-7-5-6-12(16)13(17)18-14(2,3)4/h9,12H,5-8H2,1-4H3/t12-/m0/s1. The molecule has 0 aromatic carbocycles. The van der Waals surface area contributed by atoms with E-state index in [4.69, 9.17) is 4.74 Å². The van der Waals surface area contributed by atoms with Crippen molar-refractivity contribution in [3.8, 4) is 0 Å². The molecule has 1 saturated heterocycles. The van der Waals surface area contributed by atoms with Crippen LogP contribution in [0.3, 0.4) is 0 Å². The molecule has 4 nitrogen and oxygen atoms in total. The largest absolute Gasteiger partial charge is 0.459 e. The molecule has 0 amide bonds. The van der Waals surface area contributed by atoms with Gasteiger partial charge in [0.25, 0.3) is 0 Å². The van der Waals surface area contributed by atoms with Gasteiger partial charge in [0.2, 0.25) is 0 Å². The van der Waals surface area contributed by atoms with Gasteiger partial charge in [0.05, 0.1) is 10.7 Å². The lowest BCUT2D eigenvalue weighted by atomic mass is 10.1. The average molecular weight is 282 g/mol. The number of thiazole rings is 1. The van der Waals surface area contributed by atoms with Gasteiger partial charge in [0.15, 0.2) is 0 Å². The van der Waals surface area contributed by atoms with Crippen LogP contribution in [0.1, 0.15) is 44.3 Å². The number of likely N-dealkylation sites (tertiary alicyclic amines) is 1. The highest BCUT2D eigenvalue weighted by molar-refractivity contribution is 7.09. The third-order valence-corrected chi connectivity index (χ3v) is 3.90. The molecule has 5 heteroatoms. The summed E-state index contributed by atoms with van der Waals surface area (Å²) in [7, 11) is 0. The number of rotatable bonds is 3. The van der Waals surface area contributed by atoms with Gasteiger partial charge in [-0.1, -0.05) is 0 Å². The van der Waals surface area contributed by atoms with E-state index in [0.717, 1.165) is 36.6 Å². The Kier molecular flexibility index (Phi) is 4.26. The van der Waals surface area contributed by atoms with Crippen LogP contribution in [0, 0.1) is 6.92 Å². The summed E-state index contributed by atoms with van der Waals surface area (Å²) in [6.07, 6.45) is 1.94. The first-order valence-corrected chi connectivity index (χ1v) is 7.61. The van der Waals surface area contributed by atoms with E-state index in [-0.39, 0.29) is 12.0 Å². The van der Waals surface area contributed by atoms with Crippen LogP contribution in [-0.4, -0.2) is 34.0 Å². The van der Waals surface area contributed by atoms with Crippen LogP contribution < -0.4 is 0 Å². The number of ether oxygens (including phenoxy) is 1. The lowest BCUT2D eigenvalue weighted by molar-refractivity contribution is -0.160. The molecule has 1 aromatic rings. The molecule has 0 aliphatic carbocycles. The summed E-state index contributed by atoms with van der Waals surface area (Å²) in [5, 5.41) is 3.14. The highest BCUT2D eigenvalue weighted by Crippen LogP contribution is 2.23. The maximum absolute atomic E-state index is 12.2. The average Bonchev–Trinajstić information content (AvgIpc) is 2.86. The van der Waals surface area contributed by atoms with Gasteiger partial charge < -0.3 is 4.74 Å². The first kappa shape index (κ1) is 14.5. The van der Waals surface area contributed by atoms with E-state index >= 15 is 0 Å². The second-order valence-electron chi connectivity index (χ2n) is 6.02. The number of carbonyl (C=O) groups excluding carboxylic acids is 1. The fourth-order valence-electron chi connectivity index (χ4n) is 2.34. The monoisotopic (exact) mass is 282 g/mol. The molecule has 0 N–H and O–H groups in total. The molecule has 1 aromatic heterocycles. The molecule has 2 rings (SSSR count). The molecule has 0 radical (unpaired) electrons. The molecule has 0 spiro atoms. The van der Waals surface area contributed by atoms with Gasteiger partial charge in [0.1, 0.15) is 11.6 Å². The Hall–Kier alpha value is -0.940. The van der Waals surface area contributed by atoms with E-state index in [2.05, 4.69) is 15.3 Å². The Balaban J connectivity index is 1.98. The maximum Gasteiger partial charge on any atom is 0.323 e. The molecule has 2 heterocycles. The fraction of sp³-hybridized carbons (Fsp3) is 0.714. The second-order valence-corrected chi connectivity index (χ2v) is 7.08. The van der Waals surface area contributed by atoms with Crippen molar-refractivity contribution >= 4 is 17.3 Å². The van der Waals surface area contributed by atoms with Gasteiger partial charge in [-0.3, -0.25) is 9.69 Å². The fourth-order valence-corrected chi connectivity index (χ4v) is 2.94. The first-order valence-electron chi connectivity index (χ1n) is 6.73. The predicted octanol–water partition coefficient (Wildman–Crippen LogP) is 2.76. The van der Waals surface area contributed by atoms with Gasteiger partial charge in [0, 0.05) is 11.9 Å². The quantitative estimate of drug-likeness (QED) is 0.800. The molecule has 1 atom stereocenters. The zero-order valence-electron chi connectivity index (χ0n) is 12.1. The van der Waals surface area contributed by atoms with Gasteiger partial charge in [-0.25, -0.2) is 4.98 Å². The third-order valence-electron chi connectivity index (χ3n) is 3.07. The summed E-state index contributed by atoms with van der Waals surface area (Å²) in [5.74, 6) is -0.100. The Morgan fingerprint density at radius 2 is 2.32 bits per heavy atom. The van der Waals surface area contributed by atoms with Crippen LogP contribution in [0.15, 0.2) is 5.38 Å². The van der Waals surface area contributed by atoms with Crippen molar-refractivity contribution in [1.29, 1.82) is 0 Å². The zero-order valence-corrected chi connectivity index (χ0v) is 12.9. The molecule has 1 aliphatic heterocycles. The summed E-state index contributed by atoms with van der Waals surface area (Å²) in [6.45, 7) is 9.42. The molecular formula is C14H22N2O2S. The van der Waals surface area contributed by atoms with Crippen molar-refractivity contribution in [3.05, 3.63) is 16.1 Å². The van der Waals surface area contributed by atoms with E-state index < -0.39 is 5.60 Å². The molecule has 0 unspecified atom stereocenters. The van der Waals surface area contributed by atoms with Crippen LogP contribution in [0.25, 0.3) is 0 Å². The minimum Gasteiger partial charge on any atom is -0.459 e. The Morgan fingerprint density at radius 1 is 1.58 bits per heavy atom. The van der Waals surface area contributed by atoms with E-state index in [1.807, 2.05) is 27.7 Å². The number of hydrogen-bond donors (Lipinski definition) is 0.